The maximum absolute atomic E-state index is 12.8. The molecule has 1 amide bonds. The second-order valence-corrected chi connectivity index (χ2v) is 7.70. The van der Waals surface area contributed by atoms with Crippen LogP contribution in [-0.4, -0.2) is 21.2 Å². The number of hydrogen-bond acceptors (Lipinski definition) is 6. The molecule has 0 fully saturated rings. The number of anilines is 1. The fourth-order valence-electron chi connectivity index (χ4n) is 3.34. The van der Waals surface area contributed by atoms with Gasteiger partial charge in [-0.1, -0.05) is 36.9 Å². The van der Waals surface area contributed by atoms with Crippen molar-refractivity contribution in [1.29, 1.82) is 0 Å². The molecule has 0 saturated heterocycles. The van der Waals surface area contributed by atoms with Gasteiger partial charge in [0.1, 0.15) is 11.3 Å². The molecule has 4 rings (SSSR count). The van der Waals surface area contributed by atoms with Crippen molar-refractivity contribution in [3.05, 3.63) is 62.4 Å². The summed E-state index contributed by atoms with van der Waals surface area (Å²) in [5.41, 5.74) is 1.28. The first-order valence-electron chi connectivity index (χ1n) is 9.04. The Morgan fingerprint density at radius 3 is 2.93 bits per heavy atom. The number of benzene rings is 1. The van der Waals surface area contributed by atoms with E-state index in [4.69, 9.17) is 4.42 Å². The Morgan fingerprint density at radius 1 is 1.36 bits per heavy atom. The molecule has 3 aromatic rings. The number of aromatic nitrogens is 2. The Balaban J connectivity index is 1.60. The minimum absolute atomic E-state index is 0.0970. The van der Waals surface area contributed by atoms with Gasteiger partial charge in [0.05, 0.1) is 5.92 Å². The van der Waals surface area contributed by atoms with Gasteiger partial charge in [-0.3, -0.25) is 14.2 Å². The zero-order valence-electron chi connectivity index (χ0n) is 15.5. The van der Waals surface area contributed by atoms with Gasteiger partial charge in [0, 0.05) is 28.9 Å². The summed E-state index contributed by atoms with van der Waals surface area (Å²) in [4.78, 5) is 42.1. The highest BCUT2D eigenvalue weighted by molar-refractivity contribution is 7.99. The average molecular weight is 397 g/mol. The van der Waals surface area contributed by atoms with Gasteiger partial charge in [-0.2, -0.15) is 0 Å². The van der Waals surface area contributed by atoms with E-state index in [0.29, 0.717) is 28.5 Å². The van der Waals surface area contributed by atoms with Gasteiger partial charge in [-0.15, -0.1) is 0 Å². The zero-order valence-corrected chi connectivity index (χ0v) is 16.3. The number of para-hydroxylation sites is 1. The van der Waals surface area contributed by atoms with Crippen molar-refractivity contribution in [2.24, 2.45) is 5.92 Å². The molecule has 1 atom stereocenters. The van der Waals surface area contributed by atoms with Gasteiger partial charge in [-0.05, 0) is 25.5 Å². The molecular formula is C20H19N3O4S. The molecule has 0 unspecified atom stereocenters. The third kappa shape index (κ3) is 3.24. The fourth-order valence-corrected chi connectivity index (χ4v) is 4.47. The van der Waals surface area contributed by atoms with Crippen molar-refractivity contribution in [2.45, 2.75) is 32.0 Å². The molecule has 1 aromatic carbocycles. The number of carbonyl (C=O) groups excluding carboxylic acids is 1. The molecule has 28 heavy (non-hydrogen) atoms. The quantitative estimate of drug-likeness (QED) is 0.539. The van der Waals surface area contributed by atoms with Crippen LogP contribution in [0.3, 0.4) is 0 Å². The van der Waals surface area contributed by atoms with Crippen LogP contribution in [0, 0.1) is 12.8 Å². The van der Waals surface area contributed by atoms with Crippen molar-refractivity contribution in [2.75, 3.05) is 11.1 Å². The predicted octanol–water partition coefficient (Wildman–Crippen LogP) is 2.58. The van der Waals surface area contributed by atoms with Gasteiger partial charge in [0.2, 0.25) is 5.91 Å². The predicted molar refractivity (Wildman–Crippen MR) is 108 cm³/mol. The molecule has 0 saturated carbocycles. The van der Waals surface area contributed by atoms with Gasteiger partial charge in [-0.25, -0.2) is 9.78 Å². The first-order chi connectivity index (χ1) is 13.5. The smallest absolute Gasteiger partial charge is 0.360 e. The van der Waals surface area contributed by atoms with Crippen LogP contribution in [-0.2, 0) is 17.8 Å². The molecule has 0 spiro atoms. The number of hydrogen-bond donors (Lipinski definition) is 1. The zero-order chi connectivity index (χ0) is 19.8. The van der Waals surface area contributed by atoms with E-state index in [0.717, 1.165) is 11.1 Å². The van der Waals surface area contributed by atoms with Gasteiger partial charge >= 0.3 is 5.63 Å². The third-order valence-corrected chi connectivity index (χ3v) is 6.01. The monoisotopic (exact) mass is 397 g/mol. The topological polar surface area (TPSA) is 94.2 Å². The summed E-state index contributed by atoms with van der Waals surface area (Å²) in [5.74, 6) is -0.274. The van der Waals surface area contributed by atoms with E-state index in [1.165, 1.54) is 11.8 Å². The summed E-state index contributed by atoms with van der Waals surface area (Å²) >= 11 is 1.38. The summed E-state index contributed by atoms with van der Waals surface area (Å²) < 4.78 is 6.82. The number of thioether (sulfide) groups is 1. The number of fused-ring (bicyclic) bond motifs is 2. The summed E-state index contributed by atoms with van der Waals surface area (Å²) in [5, 5.41) is 4.03. The SMILES string of the molecule is CCc1c(C)nc2n(c1=O)C[C@@H](C(=O)Nc1cc3ccccc3oc1=O)CS2. The van der Waals surface area contributed by atoms with Crippen molar-refractivity contribution in [3.8, 4) is 0 Å². The van der Waals surface area contributed by atoms with Crippen molar-refractivity contribution < 1.29 is 9.21 Å². The average Bonchev–Trinajstić information content (AvgIpc) is 2.68. The maximum Gasteiger partial charge on any atom is 0.360 e. The van der Waals surface area contributed by atoms with E-state index in [2.05, 4.69) is 10.3 Å². The van der Waals surface area contributed by atoms with Crippen molar-refractivity contribution >= 4 is 34.3 Å². The minimum Gasteiger partial charge on any atom is -0.421 e. The summed E-state index contributed by atoms with van der Waals surface area (Å²) in [6.07, 6.45) is 0.595. The van der Waals surface area contributed by atoms with E-state index in [-0.39, 0.29) is 23.7 Å². The lowest BCUT2D eigenvalue weighted by Gasteiger charge is -2.25. The summed E-state index contributed by atoms with van der Waals surface area (Å²) in [7, 11) is 0. The highest BCUT2D eigenvalue weighted by Crippen LogP contribution is 2.27. The standard InChI is InChI=1S/C20H19N3O4S/c1-3-14-11(2)21-20-23(18(14)25)9-13(10-28-20)17(24)22-15-8-12-6-4-5-7-16(12)27-19(15)26/h4-8,13H,3,9-10H2,1-2H3,(H,22,24)/t13-/m1/s1. The highest BCUT2D eigenvalue weighted by Gasteiger charge is 2.28. The van der Waals surface area contributed by atoms with Crippen LogP contribution in [0.2, 0.25) is 0 Å². The second kappa shape index (κ2) is 7.27. The van der Waals surface area contributed by atoms with Gasteiger partial charge in [0.25, 0.3) is 5.56 Å². The Labute approximate surface area is 164 Å². The van der Waals surface area contributed by atoms with Crippen LogP contribution in [0.5, 0.6) is 0 Å². The Bertz CT molecular complexity index is 1200. The molecule has 7 nitrogen and oxygen atoms in total. The molecule has 144 valence electrons. The molecular weight excluding hydrogens is 378 g/mol. The molecule has 0 radical (unpaired) electrons. The first-order valence-corrected chi connectivity index (χ1v) is 10.0. The fraction of sp³-hybridized carbons (Fsp3) is 0.300. The minimum atomic E-state index is -0.598. The van der Waals surface area contributed by atoms with E-state index >= 15 is 0 Å². The van der Waals surface area contributed by atoms with Gasteiger partial charge < -0.3 is 9.73 Å². The summed E-state index contributed by atoms with van der Waals surface area (Å²) in [6.45, 7) is 3.99. The van der Waals surface area contributed by atoms with Crippen LogP contribution in [0.1, 0.15) is 18.2 Å². The van der Waals surface area contributed by atoms with Crippen LogP contribution in [0.15, 0.2) is 49.5 Å². The second-order valence-electron chi connectivity index (χ2n) is 6.71. The maximum atomic E-state index is 12.8. The lowest BCUT2D eigenvalue weighted by molar-refractivity contribution is -0.119. The van der Waals surface area contributed by atoms with Crippen LogP contribution in [0.4, 0.5) is 5.69 Å². The lowest BCUT2D eigenvalue weighted by Crippen LogP contribution is -2.38. The summed E-state index contributed by atoms with van der Waals surface area (Å²) in [6, 6.07) is 8.72. The Morgan fingerprint density at radius 2 is 2.14 bits per heavy atom. The third-order valence-electron chi connectivity index (χ3n) is 4.87. The number of amides is 1. The van der Waals surface area contributed by atoms with Crippen LogP contribution >= 0.6 is 11.8 Å². The van der Waals surface area contributed by atoms with E-state index in [9.17, 15) is 14.4 Å². The van der Waals surface area contributed by atoms with Crippen LogP contribution in [0.25, 0.3) is 11.0 Å². The van der Waals surface area contributed by atoms with Gasteiger partial charge in [0.15, 0.2) is 5.16 Å². The van der Waals surface area contributed by atoms with E-state index in [1.54, 1.807) is 28.8 Å². The molecule has 8 heteroatoms. The lowest BCUT2D eigenvalue weighted by atomic mass is 10.1. The highest BCUT2D eigenvalue weighted by atomic mass is 32.2. The van der Waals surface area contributed by atoms with Crippen molar-refractivity contribution in [1.82, 2.24) is 9.55 Å². The molecule has 1 aliphatic heterocycles. The molecule has 1 aliphatic rings. The number of nitrogens with zero attached hydrogens (tertiary/aromatic N) is 2. The number of rotatable bonds is 3. The molecule has 2 aromatic heterocycles. The van der Waals surface area contributed by atoms with Crippen molar-refractivity contribution in [3.63, 3.8) is 0 Å². The number of carbonyl (C=O) groups is 1. The van der Waals surface area contributed by atoms with E-state index < -0.39 is 11.5 Å². The molecule has 3 heterocycles. The largest absolute Gasteiger partial charge is 0.421 e. The molecule has 0 bridgehead atoms. The first kappa shape index (κ1) is 18.5. The normalized spacial score (nSPS) is 16.0. The number of nitrogens with one attached hydrogen (secondary N) is 1. The van der Waals surface area contributed by atoms with Crippen LogP contribution < -0.4 is 16.5 Å². The Kier molecular flexibility index (Phi) is 4.80. The van der Waals surface area contributed by atoms with E-state index in [1.807, 2.05) is 19.9 Å². The molecule has 0 aliphatic carbocycles. The number of aryl methyl sites for hydroxylation is 1. The molecule has 1 N–H and O–H groups in total. The Hall–Kier alpha value is -2.87.